The van der Waals surface area contributed by atoms with Crippen LogP contribution in [0.4, 0.5) is 0 Å². The maximum atomic E-state index is 13.7. The Morgan fingerprint density at radius 2 is 1.94 bits per heavy atom. The first-order valence-corrected chi connectivity index (χ1v) is 12.1. The van der Waals surface area contributed by atoms with Gasteiger partial charge in [0.25, 0.3) is 5.56 Å². The number of carbonyl (C=O) groups excluding carboxylic acids is 1. The van der Waals surface area contributed by atoms with Crippen molar-refractivity contribution in [2.24, 2.45) is 4.99 Å². The lowest BCUT2D eigenvalue weighted by Crippen LogP contribution is -2.40. The van der Waals surface area contributed by atoms with Gasteiger partial charge in [-0.25, -0.2) is 9.79 Å². The fourth-order valence-electron chi connectivity index (χ4n) is 4.18. The van der Waals surface area contributed by atoms with E-state index in [4.69, 9.17) is 16.3 Å². The molecule has 0 spiro atoms. The zero-order valence-electron chi connectivity index (χ0n) is 18.8. The molecular formula is C26H22ClN3O3S. The summed E-state index contributed by atoms with van der Waals surface area (Å²) in [5, 5.41) is 1.60. The van der Waals surface area contributed by atoms with E-state index in [9.17, 15) is 9.59 Å². The molecule has 0 saturated heterocycles. The molecule has 5 rings (SSSR count). The first kappa shape index (κ1) is 22.4. The minimum Gasteiger partial charge on any atom is -0.459 e. The second kappa shape index (κ2) is 8.74. The molecule has 34 heavy (non-hydrogen) atoms. The molecule has 0 radical (unpaired) electrons. The first-order chi connectivity index (χ1) is 16.3. The molecule has 1 aliphatic heterocycles. The predicted octanol–water partition coefficient (Wildman–Crippen LogP) is 4.32. The lowest BCUT2D eigenvalue weighted by molar-refractivity contribution is -0.143. The number of para-hydroxylation sites is 1. The van der Waals surface area contributed by atoms with E-state index < -0.39 is 12.0 Å². The number of ether oxygens (including phenoxy) is 1. The number of thiazole rings is 1. The highest BCUT2D eigenvalue weighted by molar-refractivity contribution is 7.07. The number of halogens is 1. The monoisotopic (exact) mass is 491 g/mol. The number of esters is 1. The number of rotatable bonds is 4. The molecule has 0 aliphatic carbocycles. The quantitative estimate of drug-likeness (QED) is 0.432. The number of allylic oxidation sites excluding steroid dienone is 1. The average molecular weight is 492 g/mol. The third kappa shape index (κ3) is 3.91. The number of aromatic amines is 1. The Bertz CT molecular complexity index is 1620. The molecule has 0 bridgehead atoms. The van der Waals surface area contributed by atoms with Crippen LogP contribution < -0.4 is 14.9 Å². The maximum Gasteiger partial charge on any atom is 0.338 e. The predicted molar refractivity (Wildman–Crippen MR) is 135 cm³/mol. The lowest BCUT2D eigenvalue weighted by Gasteiger charge is -2.25. The minimum atomic E-state index is -0.662. The zero-order valence-corrected chi connectivity index (χ0v) is 20.4. The number of benzene rings is 2. The van der Waals surface area contributed by atoms with Gasteiger partial charge < -0.3 is 9.72 Å². The van der Waals surface area contributed by atoms with Crippen molar-refractivity contribution in [1.29, 1.82) is 0 Å². The molecule has 6 nitrogen and oxygen atoms in total. The Morgan fingerprint density at radius 3 is 2.68 bits per heavy atom. The second-order valence-electron chi connectivity index (χ2n) is 8.38. The molecule has 8 heteroatoms. The van der Waals surface area contributed by atoms with Gasteiger partial charge in [-0.05, 0) is 50.6 Å². The van der Waals surface area contributed by atoms with Gasteiger partial charge in [-0.15, -0.1) is 0 Å². The first-order valence-electron chi connectivity index (χ1n) is 10.9. The summed E-state index contributed by atoms with van der Waals surface area (Å²) in [6, 6.07) is 14.4. The number of nitrogens with one attached hydrogen (secondary N) is 1. The number of H-pyrrole nitrogens is 1. The summed E-state index contributed by atoms with van der Waals surface area (Å²) in [7, 11) is 0. The van der Waals surface area contributed by atoms with Crippen molar-refractivity contribution in [1.82, 2.24) is 9.55 Å². The number of hydrogen-bond donors (Lipinski definition) is 1. The van der Waals surface area contributed by atoms with E-state index in [0.717, 1.165) is 22.0 Å². The van der Waals surface area contributed by atoms with Crippen molar-refractivity contribution in [2.45, 2.75) is 32.9 Å². The Morgan fingerprint density at radius 1 is 1.21 bits per heavy atom. The van der Waals surface area contributed by atoms with E-state index in [0.29, 0.717) is 25.6 Å². The van der Waals surface area contributed by atoms with Crippen LogP contribution in [0.2, 0.25) is 5.02 Å². The Balaban J connectivity index is 1.73. The van der Waals surface area contributed by atoms with Crippen molar-refractivity contribution in [3.05, 3.63) is 102 Å². The average Bonchev–Trinajstić information content (AvgIpc) is 3.34. The zero-order chi connectivity index (χ0) is 24.0. The molecular weight excluding hydrogens is 470 g/mol. The van der Waals surface area contributed by atoms with Crippen LogP contribution in [-0.2, 0) is 9.53 Å². The van der Waals surface area contributed by atoms with Crippen LogP contribution in [0.15, 0.2) is 75.8 Å². The molecule has 0 amide bonds. The number of nitrogens with zero attached hydrogens (tertiary/aromatic N) is 2. The number of aromatic nitrogens is 2. The number of hydrogen-bond acceptors (Lipinski definition) is 5. The molecule has 1 atom stereocenters. The van der Waals surface area contributed by atoms with Gasteiger partial charge in [0.05, 0.1) is 27.9 Å². The van der Waals surface area contributed by atoms with Crippen molar-refractivity contribution >= 4 is 45.9 Å². The van der Waals surface area contributed by atoms with E-state index >= 15 is 0 Å². The van der Waals surface area contributed by atoms with Crippen LogP contribution in [0.3, 0.4) is 0 Å². The largest absolute Gasteiger partial charge is 0.459 e. The van der Waals surface area contributed by atoms with Gasteiger partial charge in [0.15, 0.2) is 4.80 Å². The third-order valence-corrected chi connectivity index (χ3v) is 6.91. The molecule has 172 valence electrons. The maximum absolute atomic E-state index is 13.7. The molecule has 1 N–H and O–H groups in total. The highest BCUT2D eigenvalue weighted by atomic mass is 35.5. The fourth-order valence-corrected chi connectivity index (χ4v) is 5.34. The van der Waals surface area contributed by atoms with E-state index in [-0.39, 0.29) is 11.7 Å². The van der Waals surface area contributed by atoms with E-state index in [1.807, 2.05) is 48.7 Å². The highest BCUT2D eigenvalue weighted by Crippen LogP contribution is 2.31. The smallest absolute Gasteiger partial charge is 0.338 e. The van der Waals surface area contributed by atoms with Crippen molar-refractivity contribution in [2.75, 3.05) is 0 Å². The molecule has 3 heterocycles. The van der Waals surface area contributed by atoms with Gasteiger partial charge in [0, 0.05) is 27.7 Å². The summed E-state index contributed by atoms with van der Waals surface area (Å²) in [5.41, 5.74) is 3.34. The van der Waals surface area contributed by atoms with Crippen LogP contribution in [-0.4, -0.2) is 21.6 Å². The normalized spacial score (nSPS) is 16.1. The Kier molecular flexibility index (Phi) is 5.75. The molecule has 0 saturated carbocycles. The fraction of sp³-hybridized carbons (Fsp3) is 0.192. The standard InChI is InChI=1S/C26H22ClN3O3S/c1-14(2)33-25(32)22-15(3)29-26-30(23(22)16-8-10-18(27)11-9-16)24(31)21(34-26)12-17-13-28-20-7-5-4-6-19(17)20/h4-14,23,28H,1-3H3/b21-12-. The van der Waals surface area contributed by atoms with Gasteiger partial charge in [-0.2, -0.15) is 0 Å². The van der Waals surface area contributed by atoms with Crippen molar-refractivity contribution in [3.63, 3.8) is 0 Å². The van der Waals surface area contributed by atoms with Crippen LogP contribution in [0.5, 0.6) is 0 Å². The molecule has 1 unspecified atom stereocenters. The van der Waals surface area contributed by atoms with E-state index in [1.165, 1.54) is 11.3 Å². The molecule has 1 aliphatic rings. The van der Waals surface area contributed by atoms with Gasteiger partial charge >= 0.3 is 5.97 Å². The SMILES string of the molecule is CC1=C(C(=O)OC(C)C)C(c2ccc(Cl)cc2)n2c(s/c(=C\c3c[nH]c4ccccc34)c2=O)=N1. The van der Waals surface area contributed by atoms with E-state index in [2.05, 4.69) is 9.98 Å². The topological polar surface area (TPSA) is 76.5 Å². The second-order valence-corrected chi connectivity index (χ2v) is 9.82. The van der Waals surface area contributed by atoms with Gasteiger partial charge in [-0.3, -0.25) is 9.36 Å². The summed E-state index contributed by atoms with van der Waals surface area (Å²) >= 11 is 7.42. The molecule has 4 aromatic rings. The van der Waals surface area contributed by atoms with Crippen molar-refractivity contribution in [3.8, 4) is 0 Å². The summed E-state index contributed by atoms with van der Waals surface area (Å²) in [4.78, 5) is 35.2. The third-order valence-electron chi connectivity index (χ3n) is 5.68. The number of fused-ring (bicyclic) bond motifs is 2. The highest BCUT2D eigenvalue weighted by Gasteiger charge is 2.33. The summed E-state index contributed by atoms with van der Waals surface area (Å²) in [6.07, 6.45) is 3.45. The summed E-state index contributed by atoms with van der Waals surface area (Å²) in [5.74, 6) is -0.484. The van der Waals surface area contributed by atoms with E-state index in [1.54, 1.807) is 37.5 Å². The summed E-state index contributed by atoms with van der Waals surface area (Å²) < 4.78 is 7.64. The van der Waals surface area contributed by atoms with Gasteiger partial charge in [-0.1, -0.05) is 53.3 Å². The molecule has 2 aromatic heterocycles. The lowest BCUT2D eigenvalue weighted by atomic mass is 9.96. The minimum absolute atomic E-state index is 0.212. The van der Waals surface area contributed by atoms with Crippen molar-refractivity contribution < 1.29 is 9.53 Å². The van der Waals surface area contributed by atoms with Crippen LogP contribution in [0.25, 0.3) is 17.0 Å². The Hall–Kier alpha value is -3.42. The van der Waals surface area contributed by atoms with Crippen LogP contribution in [0.1, 0.15) is 37.9 Å². The van der Waals surface area contributed by atoms with Gasteiger partial charge in [0.2, 0.25) is 0 Å². The summed E-state index contributed by atoms with van der Waals surface area (Å²) in [6.45, 7) is 5.36. The van der Waals surface area contributed by atoms with Crippen LogP contribution >= 0.6 is 22.9 Å². The number of carbonyl (C=O) groups is 1. The Labute approximate surface area is 204 Å². The van der Waals surface area contributed by atoms with Gasteiger partial charge in [0.1, 0.15) is 0 Å². The van der Waals surface area contributed by atoms with Crippen LogP contribution in [0, 0.1) is 0 Å². The molecule has 0 fully saturated rings. The molecule has 2 aromatic carbocycles.